The van der Waals surface area contributed by atoms with Gasteiger partial charge in [0.1, 0.15) is 5.82 Å². The number of amides is 1. The fourth-order valence-corrected chi connectivity index (χ4v) is 2.40. The number of methoxy groups -OCH3 is 1. The number of aromatic nitrogens is 2. The number of nitrogens with zero attached hydrogens (tertiary/aromatic N) is 1. The lowest BCUT2D eigenvalue weighted by molar-refractivity contribution is -0.115. The van der Waals surface area contributed by atoms with Crippen LogP contribution in [0.5, 0.6) is 0 Å². The highest BCUT2D eigenvalue weighted by Gasteiger charge is 2.11. The molecule has 2 N–H and O–H groups in total. The average Bonchev–Trinajstić information content (AvgIpc) is 3.04. The van der Waals surface area contributed by atoms with Crippen LogP contribution in [0.2, 0.25) is 0 Å². The van der Waals surface area contributed by atoms with E-state index in [2.05, 4.69) is 15.3 Å². The van der Waals surface area contributed by atoms with Gasteiger partial charge in [-0.25, -0.2) is 4.98 Å². The van der Waals surface area contributed by atoms with Crippen molar-refractivity contribution in [2.45, 2.75) is 13.3 Å². The minimum Gasteiger partial charge on any atom is -0.502 e. The third kappa shape index (κ3) is 3.46. The van der Waals surface area contributed by atoms with Gasteiger partial charge in [-0.1, -0.05) is 24.3 Å². The number of para-hydroxylation sites is 3. The van der Waals surface area contributed by atoms with Crippen LogP contribution in [0.25, 0.3) is 22.4 Å². The van der Waals surface area contributed by atoms with Crippen LogP contribution < -0.4 is 5.32 Å². The van der Waals surface area contributed by atoms with Crippen molar-refractivity contribution in [1.82, 2.24) is 9.97 Å². The van der Waals surface area contributed by atoms with Crippen molar-refractivity contribution in [2.24, 2.45) is 0 Å². The van der Waals surface area contributed by atoms with Crippen molar-refractivity contribution < 1.29 is 9.53 Å². The summed E-state index contributed by atoms with van der Waals surface area (Å²) in [6.07, 6.45) is 2.01. The second-order valence-corrected chi connectivity index (χ2v) is 5.42. The molecule has 1 amide bonds. The molecule has 3 rings (SSSR count). The molecule has 0 spiro atoms. The number of imidazole rings is 1. The first-order valence-corrected chi connectivity index (χ1v) is 7.72. The molecule has 0 fully saturated rings. The van der Waals surface area contributed by atoms with Crippen molar-refractivity contribution in [3.05, 3.63) is 60.4 Å². The normalized spacial score (nSPS) is 11.5. The fraction of sp³-hybridized carbons (Fsp3) is 0.158. The van der Waals surface area contributed by atoms with Crippen LogP contribution >= 0.6 is 0 Å². The van der Waals surface area contributed by atoms with Gasteiger partial charge >= 0.3 is 0 Å². The summed E-state index contributed by atoms with van der Waals surface area (Å²) < 4.78 is 5.04. The summed E-state index contributed by atoms with van der Waals surface area (Å²) in [5, 5.41) is 2.93. The van der Waals surface area contributed by atoms with Crippen LogP contribution in [-0.4, -0.2) is 23.0 Å². The Hall–Kier alpha value is -3.08. The molecule has 1 aromatic heterocycles. The Balaban J connectivity index is 1.86. The third-order valence-electron chi connectivity index (χ3n) is 3.74. The number of nitrogens with one attached hydrogen (secondary N) is 2. The van der Waals surface area contributed by atoms with E-state index in [-0.39, 0.29) is 12.3 Å². The summed E-state index contributed by atoms with van der Waals surface area (Å²) in [5.74, 6) is 1.35. The Morgan fingerprint density at radius 2 is 1.96 bits per heavy atom. The van der Waals surface area contributed by atoms with Gasteiger partial charge in [-0.2, -0.15) is 0 Å². The van der Waals surface area contributed by atoms with Gasteiger partial charge in [-0.15, -0.1) is 0 Å². The third-order valence-corrected chi connectivity index (χ3v) is 3.74. The number of hydrogen-bond donors (Lipinski definition) is 2. The number of carbonyl (C=O) groups is 1. The van der Waals surface area contributed by atoms with Crippen molar-refractivity contribution in [3.63, 3.8) is 0 Å². The molecule has 0 aliphatic carbocycles. The Labute approximate surface area is 140 Å². The second-order valence-electron chi connectivity index (χ2n) is 5.42. The van der Waals surface area contributed by atoms with Gasteiger partial charge in [0.15, 0.2) is 0 Å². The quantitative estimate of drug-likeness (QED) is 0.695. The Bertz CT molecular complexity index is 863. The molecule has 0 saturated carbocycles. The van der Waals surface area contributed by atoms with E-state index in [0.29, 0.717) is 0 Å². The number of aromatic amines is 1. The number of benzene rings is 2. The minimum absolute atomic E-state index is 0.102. The number of hydrogen-bond acceptors (Lipinski definition) is 3. The topological polar surface area (TPSA) is 67.0 Å². The van der Waals surface area contributed by atoms with Crippen LogP contribution in [0.4, 0.5) is 5.69 Å². The predicted octanol–water partition coefficient (Wildman–Crippen LogP) is 4.11. The monoisotopic (exact) mass is 321 g/mol. The van der Waals surface area contributed by atoms with Gasteiger partial charge in [0.25, 0.3) is 0 Å². The van der Waals surface area contributed by atoms with Crippen LogP contribution in [0, 0.1) is 0 Å². The Morgan fingerprint density at radius 3 is 2.75 bits per heavy atom. The Kier molecular flexibility index (Phi) is 4.61. The molecular formula is C19H19N3O2. The van der Waals surface area contributed by atoms with Gasteiger partial charge in [0, 0.05) is 12.0 Å². The Morgan fingerprint density at radius 1 is 1.21 bits per heavy atom. The first-order valence-electron chi connectivity index (χ1n) is 7.72. The average molecular weight is 321 g/mol. The lowest BCUT2D eigenvalue weighted by Gasteiger charge is -2.08. The van der Waals surface area contributed by atoms with Crippen LogP contribution in [0.15, 0.2) is 60.4 Å². The molecule has 0 saturated heterocycles. The second kappa shape index (κ2) is 7.00. The molecule has 2 aromatic carbocycles. The van der Waals surface area contributed by atoms with Crippen molar-refractivity contribution in [1.29, 1.82) is 0 Å². The molecule has 122 valence electrons. The SMILES string of the molecule is CO/C(C)=C/CC(=O)Nc1ccccc1-c1nc2ccccc2[nH]1. The number of anilines is 1. The first kappa shape index (κ1) is 15.8. The lowest BCUT2D eigenvalue weighted by Crippen LogP contribution is -2.11. The maximum absolute atomic E-state index is 12.1. The van der Waals surface area contributed by atoms with Gasteiger partial charge in [-0.3, -0.25) is 4.79 Å². The maximum atomic E-state index is 12.1. The van der Waals surface area contributed by atoms with E-state index in [1.807, 2.05) is 55.5 Å². The molecule has 0 atom stereocenters. The zero-order valence-electron chi connectivity index (χ0n) is 13.7. The van der Waals surface area contributed by atoms with E-state index in [4.69, 9.17) is 4.74 Å². The molecular weight excluding hydrogens is 302 g/mol. The standard InChI is InChI=1S/C19H19N3O2/c1-13(24-2)11-12-18(23)20-15-8-4-3-7-14(15)19-21-16-9-5-6-10-17(16)22-19/h3-11H,12H2,1-2H3,(H,20,23)(H,21,22)/b13-11+. The van der Waals surface area contributed by atoms with Gasteiger partial charge in [-0.05, 0) is 37.3 Å². The van der Waals surface area contributed by atoms with E-state index in [1.54, 1.807) is 13.2 Å². The molecule has 0 radical (unpaired) electrons. The first-order chi connectivity index (χ1) is 11.7. The summed E-state index contributed by atoms with van der Waals surface area (Å²) >= 11 is 0. The molecule has 0 aliphatic heterocycles. The summed E-state index contributed by atoms with van der Waals surface area (Å²) in [4.78, 5) is 20.0. The van der Waals surface area contributed by atoms with Gasteiger partial charge in [0.05, 0.1) is 29.6 Å². The van der Waals surface area contributed by atoms with Crippen molar-refractivity contribution >= 4 is 22.6 Å². The number of rotatable bonds is 5. The molecule has 0 bridgehead atoms. The van der Waals surface area contributed by atoms with Crippen molar-refractivity contribution in [2.75, 3.05) is 12.4 Å². The fourth-order valence-electron chi connectivity index (χ4n) is 2.40. The smallest absolute Gasteiger partial charge is 0.228 e. The molecule has 3 aromatic rings. The van der Waals surface area contributed by atoms with Crippen LogP contribution in [-0.2, 0) is 9.53 Å². The van der Waals surface area contributed by atoms with Crippen LogP contribution in [0.3, 0.4) is 0 Å². The largest absolute Gasteiger partial charge is 0.502 e. The zero-order chi connectivity index (χ0) is 16.9. The number of H-pyrrole nitrogens is 1. The number of ether oxygens (including phenoxy) is 1. The molecule has 24 heavy (non-hydrogen) atoms. The van der Waals surface area contributed by atoms with E-state index < -0.39 is 0 Å². The summed E-state index contributed by atoms with van der Waals surface area (Å²) in [5.41, 5.74) is 3.44. The summed E-state index contributed by atoms with van der Waals surface area (Å²) in [7, 11) is 1.58. The number of fused-ring (bicyclic) bond motifs is 1. The number of allylic oxidation sites excluding steroid dienone is 1. The highest BCUT2D eigenvalue weighted by atomic mass is 16.5. The molecule has 0 aliphatic rings. The predicted molar refractivity (Wildman–Crippen MR) is 95.5 cm³/mol. The minimum atomic E-state index is -0.102. The molecule has 5 nitrogen and oxygen atoms in total. The van der Waals surface area contributed by atoms with Crippen LogP contribution in [0.1, 0.15) is 13.3 Å². The maximum Gasteiger partial charge on any atom is 0.228 e. The molecule has 0 unspecified atom stereocenters. The highest BCUT2D eigenvalue weighted by Crippen LogP contribution is 2.27. The van der Waals surface area contributed by atoms with Crippen molar-refractivity contribution in [3.8, 4) is 11.4 Å². The van der Waals surface area contributed by atoms with Gasteiger partial charge < -0.3 is 15.0 Å². The van der Waals surface area contributed by atoms with E-state index >= 15 is 0 Å². The van der Waals surface area contributed by atoms with Gasteiger partial charge in [0.2, 0.25) is 5.91 Å². The van der Waals surface area contributed by atoms with E-state index in [1.165, 1.54) is 0 Å². The molecule has 5 heteroatoms. The zero-order valence-corrected chi connectivity index (χ0v) is 13.7. The van der Waals surface area contributed by atoms with E-state index in [9.17, 15) is 4.79 Å². The van der Waals surface area contributed by atoms with E-state index in [0.717, 1.165) is 33.9 Å². The lowest BCUT2D eigenvalue weighted by atomic mass is 10.1. The number of carbonyl (C=O) groups excluding carboxylic acids is 1. The summed E-state index contributed by atoms with van der Waals surface area (Å²) in [6.45, 7) is 1.82. The highest BCUT2D eigenvalue weighted by molar-refractivity contribution is 5.96. The summed E-state index contributed by atoms with van der Waals surface area (Å²) in [6, 6.07) is 15.5. The molecule has 1 heterocycles.